The number of hydrogen-bond donors (Lipinski definition) is 5. The van der Waals surface area contributed by atoms with Crippen LogP contribution in [-0.2, 0) is 37.2 Å². The van der Waals surface area contributed by atoms with E-state index in [1.54, 1.807) is 6.20 Å². The molecule has 6 rings (SSSR count). The van der Waals surface area contributed by atoms with E-state index in [1.165, 1.54) is 34.8 Å². The molecule has 58 heavy (non-hydrogen) atoms. The van der Waals surface area contributed by atoms with Crippen molar-refractivity contribution in [1.82, 2.24) is 19.3 Å². The van der Waals surface area contributed by atoms with E-state index in [-0.39, 0.29) is 16.7 Å². The SMILES string of the molecule is N#Cc1ccc(S(=O)(=O)N2CCC(CC(=O)Nc3ccc4cc3CCc3cncc(c3)Nc3ncc(Cl)c(n3)N4)CC2)cc1.O=C(O)C(F)(F)F.O=C(O)C(F)(F)F. The van der Waals surface area contributed by atoms with Gasteiger partial charge in [-0.2, -0.15) is 40.9 Å². The van der Waals surface area contributed by atoms with E-state index in [1.807, 2.05) is 36.5 Å². The van der Waals surface area contributed by atoms with E-state index in [9.17, 15) is 39.6 Å². The second kappa shape index (κ2) is 18.9. The minimum absolute atomic E-state index is 0.0591. The lowest BCUT2D eigenvalue weighted by atomic mass is 9.94. The summed E-state index contributed by atoms with van der Waals surface area (Å²) in [6, 6.07) is 15.6. The first kappa shape index (κ1) is 44.7. The van der Waals surface area contributed by atoms with E-state index >= 15 is 0 Å². The molecule has 4 heterocycles. The third-order valence-electron chi connectivity index (χ3n) is 8.27. The zero-order chi connectivity index (χ0) is 42.8. The number of halogens is 7. The van der Waals surface area contributed by atoms with E-state index in [2.05, 4.69) is 30.9 Å². The molecule has 2 aliphatic rings. The quantitative estimate of drug-likeness (QED) is 0.132. The van der Waals surface area contributed by atoms with Crippen LogP contribution in [0.1, 0.15) is 36.0 Å². The van der Waals surface area contributed by atoms with E-state index in [4.69, 9.17) is 36.7 Å². The Balaban J connectivity index is 0.000000456. The highest BCUT2D eigenvalue weighted by Gasteiger charge is 2.39. The predicted octanol–water partition coefficient (Wildman–Crippen LogP) is 6.68. The molecule has 0 atom stereocenters. The first-order chi connectivity index (χ1) is 27.1. The highest BCUT2D eigenvalue weighted by molar-refractivity contribution is 7.89. The standard InChI is InChI=1S/C31H29ClN8O3S.2C2HF3O2/c32-27-19-35-31-37-25-13-22(17-34-18-25)1-4-23-15-24(36-30(27)39-31)5-8-28(23)38-29(41)14-20-9-11-40(12-10-20)44(42,43)26-6-2-21(16-33)3-7-26;2*3-2(4,5)1(6)7/h2-3,5-8,13,15,17-20H,1,4,9-12,14H2,(H,38,41)(H2,35,36,37,39);2*(H,6,7). The van der Waals surface area contributed by atoms with E-state index in [0.717, 1.165) is 22.5 Å². The molecule has 2 aromatic carbocycles. The molecule has 23 heteroatoms. The van der Waals surface area contributed by atoms with Crippen LogP contribution in [0.2, 0.25) is 5.02 Å². The summed E-state index contributed by atoms with van der Waals surface area (Å²) >= 11 is 6.37. The third kappa shape index (κ3) is 12.7. The molecule has 0 unspecified atom stereocenters. The fraction of sp³-hybridized carbons (Fsp3) is 0.286. The zero-order valence-corrected chi connectivity index (χ0v) is 31.2. The second-order valence-corrected chi connectivity index (χ2v) is 14.8. The number of benzene rings is 2. The minimum atomic E-state index is -5.08. The molecule has 15 nitrogen and oxygen atoms in total. The smallest absolute Gasteiger partial charge is 0.475 e. The molecular formula is C35H31ClF6N8O7S. The Kier molecular flexibility index (Phi) is 14.6. The Morgan fingerprint density at radius 3 is 2.10 bits per heavy atom. The molecule has 4 aromatic rings. The Morgan fingerprint density at radius 2 is 1.52 bits per heavy atom. The first-order valence-corrected chi connectivity index (χ1v) is 18.5. The summed E-state index contributed by atoms with van der Waals surface area (Å²) < 4.78 is 91.1. The summed E-state index contributed by atoms with van der Waals surface area (Å²) in [4.78, 5) is 44.3. The highest BCUT2D eigenvalue weighted by Crippen LogP contribution is 2.31. The molecule has 0 aliphatic carbocycles. The van der Waals surface area contributed by atoms with Crippen LogP contribution in [0.5, 0.6) is 0 Å². The van der Waals surface area contributed by atoms with Crippen molar-refractivity contribution >= 4 is 68.3 Å². The van der Waals surface area contributed by atoms with Crippen LogP contribution in [0, 0.1) is 17.2 Å². The number of sulfonamides is 1. The number of carbonyl (C=O) groups excluding carboxylic acids is 1. The molecule has 1 amide bonds. The lowest BCUT2D eigenvalue weighted by Gasteiger charge is -2.31. The van der Waals surface area contributed by atoms with Crippen LogP contribution in [0.15, 0.2) is 72.0 Å². The molecular weight excluding hydrogens is 826 g/mol. The number of nitriles is 1. The summed E-state index contributed by atoms with van der Waals surface area (Å²) in [5.41, 5.74) is 4.60. The van der Waals surface area contributed by atoms with Crippen molar-refractivity contribution in [3.05, 3.63) is 88.8 Å². The van der Waals surface area contributed by atoms with Crippen molar-refractivity contribution in [2.75, 3.05) is 29.0 Å². The first-order valence-electron chi connectivity index (χ1n) is 16.7. The van der Waals surface area contributed by atoms with Gasteiger partial charge in [0.05, 0.1) is 34.6 Å². The number of anilines is 5. The van der Waals surface area contributed by atoms with Gasteiger partial charge < -0.3 is 26.2 Å². The molecule has 0 radical (unpaired) electrons. The zero-order valence-electron chi connectivity index (χ0n) is 29.6. The molecule has 1 saturated heterocycles. The topological polar surface area (TPSA) is 228 Å². The van der Waals surface area contributed by atoms with Crippen molar-refractivity contribution in [2.24, 2.45) is 5.92 Å². The molecule has 2 aliphatic heterocycles. The summed E-state index contributed by atoms with van der Waals surface area (Å²) in [5, 5.41) is 33.1. The average Bonchev–Trinajstić information content (AvgIpc) is 3.16. The van der Waals surface area contributed by atoms with Crippen molar-refractivity contribution in [3.8, 4) is 6.07 Å². The van der Waals surface area contributed by atoms with Gasteiger partial charge in [-0.15, -0.1) is 0 Å². The van der Waals surface area contributed by atoms with Crippen LogP contribution in [0.4, 0.5) is 55.2 Å². The van der Waals surface area contributed by atoms with Gasteiger partial charge in [-0.3, -0.25) is 9.78 Å². The maximum Gasteiger partial charge on any atom is 0.490 e. The number of carboxylic acids is 2. The van der Waals surface area contributed by atoms with E-state index < -0.39 is 34.3 Å². The number of aliphatic carboxylic acids is 2. The number of amides is 1. The van der Waals surface area contributed by atoms with Gasteiger partial charge in [0, 0.05) is 37.1 Å². The van der Waals surface area contributed by atoms with Crippen molar-refractivity contribution in [3.63, 3.8) is 0 Å². The Hall–Kier alpha value is -6.05. The van der Waals surface area contributed by atoms with Crippen molar-refractivity contribution < 1.29 is 59.4 Å². The number of nitrogens with one attached hydrogen (secondary N) is 3. The van der Waals surface area contributed by atoms with Crippen LogP contribution in [0.25, 0.3) is 0 Å². The lowest BCUT2D eigenvalue weighted by molar-refractivity contribution is -0.193. The van der Waals surface area contributed by atoms with Crippen LogP contribution >= 0.6 is 11.6 Å². The monoisotopic (exact) mass is 856 g/mol. The number of carbonyl (C=O) groups is 3. The molecule has 2 aromatic heterocycles. The summed E-state index contributed by atoms with van der Waals surface area (Å²) in [6.07, 6.45) is -2.33. The molecule has 5 N–H and O–H groups in total. The number of carboxylic acid groups (broad SMARTS) is 2. The molecule has 308 valence electrons. The number of pyridine rings is 1. The summed E-state index contributed by atoms with van der Waals surface area (Å²) in [5.74, 6) is -4.74. The molecule has 1 fully saturated rings. The molecule has 6 bridgehead atoms. The van der Waals surface area contributed by atoms with Gasteiger partial charge in [-0.1, -0.05) is 11.6 Å². The Labute approximate surface area is 330 Å². The normalized spacial score (nSPS) is 14.4. The number of aryl methyl sites for hydroxylation is 2. The Morgan fingerprint density at radius 1 is 0.897 bits per heavy atom. The van der Waals surface area contributed by atoms with Gasteiger partial charge in [0.15, 0.2) is 5.82 Å². The lowest BCUT2D eigenvalue weighted by Crippen LogP contribution is -2.39. The maximum absolute atomic E-state index is 13.2. The molecule has 0 saturated carbocycles. The average molecular weight is 857 g/mol. The maximum atomic E-state index is 13.2. The van der Waals surface area contributed by atoms with Gasteiger partial charge in [0.2, 0.25) is 21.9 Å². The minimum Gasteiger partial charge on any atom is -0.475 e. The van der Waals surface area contributed by atoms with Gasteiger partial charge in [0.1, 0.15) is 5.02 Å². The number of aromatic nitrogens is 3. The predicted molar refractivity (Wildman–Crippen MR) is 195 cm³/mol. The van der Waals surface area contributed by atoms with Gasteiger partial charge >= 0.3 is 24.3 Å². The van der Waals surface area contributed by atoms with Crippen LogP contribution in [0.3, 0.4) is 0 Å². The van der Waals surface area contributed by atoms with Crippen LogP contribution < -0.4 is 16.0 Å². The van der Waals surface area contributed by atoms with Gasteiger partial charge in [0.25, 0.3) is 0 Å². The highest BCUT2D eigenvalue weighted by atomic mass is 35.5. The van der Waals surface area contributed by atoms with E-state index in [0.29, 0.717) is 73.2 Å². The number of fused-ring (bicyclic) bond motifs is 6. The number of hydrogen-bond acceptors (Lipinski definition) is 11. The number of nitrogens with zero attached hydrogens (tertiary/aromatic N) is 5. The van der Waals surface area contributed by atoms with Crippen molar-refractivity contribution in [2.45, 2.75) is 49.4 Å². The fourth-order valence-corrected chi connectivity index (χ4v) is 7.03. The number of rotatable bonds is 5. The number of piperidine rings is 1. The summed E-state index contributed by atoms with van der Waals surface area (Å²) in [7, 11) is -3.66. The van der Waals surface area contributed by atoms with Gasteiger partial charge in [-0.05, 0) is 91.3 Å². The van der Waals surface area contributed by atoms with Crippen molar-refractivity contribution in [1.29, 1.82) is 5.26 Å². The largest absolute Gasteiger partial charge is 0.490 e. The third-order valence-corrected chi connectivity index (χ3v) is 10.5. The second-order valence-electron chi connectivity index (χ2n) is 12.4. The summed E-state index contributed by atoms with van der Waals surface area (Å²) in [6.45, 7) is 0.669. The number of alkyl halides is 6. The fourth-order valence-electron chi connectivity index (χ4n) is 5.42. The Bertz CT molecular complexity index is 2260. The van der Waals surface area contributed by atoms with Crippen LogP contribution in [-0.4, -0.2) is 81.2 Å². The van der Waals surface area contributed by atoms with Gasteiger partial charge in [-0.25, -0.2) is 23.0 Å². The molecule has 0 spiro atoms.